The van der Waals surface area contributed by atoms with Crippen LogP contribution in [0.1, 0.15) is 181 Å². The van der Waals surface area contributed by atoms with Crippen molar-refractivity contribution in [3.63, 3.8) is 0 Å². The summed E-state index contributed by atoms with van der Waals surface area (Å²) in [5.74, 6) is -2.41. The van der Waals surface area contributed by atoms with Gasteiger partial charge in [0, 0.05) is 12.8 Å². The summed E-state index contributed by atoms with van der Waals surface area (Å²) < 4.78 is 5.87. The summed E-state index contributed by atoms with van der Waals surface area (Å²) in [6, 6.07) is -1.39. The molecule has 0 spiro atoms. The normalized spacial score (nSPS) is 12.8. The second-order valence-electron chi connectivity index (χ2n) is 13.7. The second kappa shape index (κ2) is 36.8. The Morgan fingerprint density at radius 3 is 1.69 bits per heavy atom. The summed E-state index contributed by atoms with van der Waals surface area (Å²) in [6.07, 6.45) is 40.5. The van der Waals surface area contributed by atoms with E-state index in [2.05, 4.69) is 60.9 Å². The van der Waals surface area contributed by atoms with Crippen LogP contribution < -0.4 is 10.6 Å². The van der Waals surface area contributed by atoms with Gasteiger partial charge >= 0.3 is 11.9 Å². The van der Waals surface area contributed by atoms with Crippen LogP contribution in [0.3, 0.4) is 0 Å². The number of carbonyl (C=O) groups excluding carboxylic acids is 3. The van der Waals surface area contributed by atoms with Crippen molar-refractivity contribution in [1.29, 1.82) is 0 Å². The van der Waals surface area contributed by atoms with Gasteiger partial charge in [0.25, 0.3) is 0 Å². The summed E-state index contributed by atoms with van der Waals surface area (Å²) in [7, 11) is 0. The van der Waals surface area contributed by atoms with Gasteiger partial charge in [-0.3, -0.25) is 14.4 Å². The summed E-state index contributed by atoms with van der Waals surface area (Å²) in [5, 5.41) is 22.5. The average Bonchev–Trinajstić information content (AvgIpc) is 3.11. The molecule has 9 heteroatoms. The fraction of sp³-hybridized carbons (Fsp3) is 0.762. The van der Waals surface area contributed by atoms with Crippen molar-refractivity contribution in [2.75, 3.05) is 13.2 Å². The van der Waals surface area contributed by atoms with Crippen LogP contribution in [0.15, 0.2) is 36.5 Å². The van der Waals surface area contributed by atoms with Crippen LogP contribution in [0.4, 0.5) is 0 Å². The lowest BCUT2D eigenvalue weighted by molar-refractivity contribution is -0.147. The van der Waals surface area contributed by atoms with Crippen molar-refractivity contribution in [2.24, 2.45) is 0 Å². The number of aliphatic carboxylic acids is 1. The highest BCUT2D eigenvalue weighted by atomic mass is 16.5. The number of unbranched alkanes of at least 4 members (excludes halogenated alkanes) is 18. The van der Waals surface area contributed by atoms with E-state index in [9.17, 15) is 19.2 Å². The molecule has 0 bridgehead atoms. The molecule has 0 aliphatic heterocycles. The number of aliphatic hydroxyl groups is 1. The highest BCUT2D eigenvalue weighted by Gasteiger charge is 2.18. The largest absolute Gasteiger partial charge is 0.480 e. The van der Waals surface area contributed by atoms with Gasteiger partial charge in [0.15, 0.2) is 0 Å². The zero-order valence-electron chi connectivity index (χ0n) is 32.4. The molecule has 2 unspecified atom stereocenters. The highest BCUT2D eigenvalue weighted by Crippen LogP contribution is 2.15. The fourth-order valence-corrected chi connectivity index (χ4v) is 5.65. The molecular formula is C42H74N2O7. The lowest BCUT2D eigenvalue weighted by atomic mass is 10.1. The lowest BCUT2D eigenvalue weighted by Crippen LogP contribution is -2.47. The van der Waals surface area contributed by atoms with Gasteiger partial charge in [-0.1, -0.05) is 128 Å². The van der Waals surface area contributed by atoms with Crippen LogP contribution in [0.25, 0.3) is 0 Å². The minimum atomic E-state index is -1.39. The van der Waals surface area contributed by atoms with Crippen LogP contribution in [0, 0.1) is 0 Å². The quantitative estimate of drug-likeness (QED) is 0.0287. The van der Waals surface area contributed by atoms with Gasteiger partial charge in [-0.25, -0.2) is 4.79 Å². The first kappa shape index (κ1) is 48.1. The molecule has 0 radical (unpaired) electrons. The van der Waals surface area contributed by atoms with Gasteiger partial charge in [0.1, 0.15) is 12.1 Å². The Balaban J connectivity index is 4.16. The number of ether oxygens (including phenoxy) is 1. The van der Waals surface area contributed by atoms with Gasteiger partial charge in [0.2, 0.25) is 11.8 Å². The SMILES string of the molecule is CCCCCC/C=C\C/C=C\CCCCCCCCCC(=O)OC(/C=C\CCCCCC)CCCCCCC(=O)NCC(=O)NC(CO)C(=O)O. The number of allylic oxidation sites excluding steroid dienone is 5. The van der Waals surface area contributed by atoms with Crippen molar-refractivity contribution in [3.8, 4) is 0 Å². The van der Waals surface area contributed by atoms with Crippen molar-refractivity contribution < 1.29 is 34.1 Å². The number of carboxylic acid groups (broad SMARTS) is 1. The van der Waals surface area contributed by atoms with Gasteiger partial charge in [-0.15, -0.1) is 0 Å². The molecule has 2 amide bonds. The van der Waals surface area contributed by atoms with E-state index >= 15 is 0 Å². The van der Waals surface area contributed by atoms with Crippen molar-refractivity contribution >= 4 is 23.8 Å². The third kappa shape index (κ3) is 33.9. The Hall–Kier alpha value is -2.94. The number of aliphatic hydroxyl groups excluding tert-OH is 1. The topological polar surface area (TPSA) is 142 Å². The highest BCUT2D eigenvalue weighted by molar-refractivity contribution is 5.87. The first-order valence-corrected chi connectivity index (χ1v) is 20.4. The minimum absolute atomic E-state index is 0.122. The Bertz CT molecular complexity index is 963. The van der Waals surface area contributed by atoms with E-state index in [4.69, 9.17) is 14.9 Å². The van der Waals surface area contributed by atoms with Gasteiger partial charge < -0.3 is 25.6 Å². The molecule has 0 aliphatic carbocycles. The zero-order chi connectivity index (χ0) is 37.6. The maximum Gasteiger partial charge on any atom is 0.328 e. The number of carboxylic acids is 1. The number of nitrogens with one attached hydrogen (secondary N) is 2. The molecule has 0 rings (SSSR count). The van der Waals surface area contributed by atoms with E-state index in [1.165, 1.54) is 77.0 Å². The molecule has 0 aromatic carbocycles. The van der Waals surface area contributed by atoms with E-state index in [0.29, 0.717) is 12.8 Å². The predicted molar refractivity (Wildman–Crippen MR) is 208 cm³/mol. The maximum atomic E-state index is 12.6. The molecule has 2 atom stereocenters. The van der Waals surface area contributed by atoms with Crippen LogP contribution in [0.5, 0.6) is 0 Å². The van der Waals surface area contributed by atoms with Crippen molar-refractivity contribution in [3.05, 3.63) is 36.5 Å². The standard InChI is InChI=1S/C42H74N2O7/c1-3-5-7-9-11-12-13-14-15-16-17-18-19-20-21-22-24-30-34-41(48)51-37(31-27-23-10-8-6-4-2)32-28-25-26-29-33-39(46)43-35-40(47)44-38(36-45)42(49)50/h12-13,15-16,27,31,37-38,45H,3-11,14,17-26,28-30,32-36H2,1-2H3,(H,43,46)(H,44,47)(H,49,50)/b13-12-,16-15-,31-27-. The summed E-state index contributed by atoms with van der Waals surface area (Å²) in [6.45, 7) is 3.39. The third-order valence-corrected chi connectivity index (χ3v) is 8.84. The van der Waals surface area contributed by atoms with Crippen LogP contribution >= 0.6 is 0 Å². The minimum Gasteiger partial charge on any atom is -0.480 e. The Labute approximate surface area is 310 Å². The number of esters is 1. The third-order valence-electron chi connectivity index (χ3n) is 8.84. The Morgan fingerprint density at radius 1 is 0.608 bits per heavy atom. The Morgan fingerprint density at radius 2 is 1.12 bits per heavy atom. The molecule has 0 aliphatic rings. The first-order chi connectivity index (χ1) is 24.8. The molecule has 4 N–H and O–H groups in total. The number of amides is 2. The maximum absolute atomic E-state index is 12.6. The molecule has 0 aromatic rings. The van der Waals surface area contributed by atoms with E-state index in [-0.39, 0.29) is 30.9 Å². The lowest BCUT2D eigenvalue weighted by Gasteiger charge is -2.15. The zero-order valence-corrected chi connectivity index (χ0v) is 32.4. The number of carbonyl (C=O) groups is 4. The van der Waals surface area contributed by atoms with Gasteiger partial charge in [-0.05, 0) is 76.7 Å². The average molecular weight is 719 g/mol. The monoisotopic (exact) mass is 719 g/mol. The molecule has 0 saturated heterocycles. The number of hydrogen-bond acceptors (Lipinski definition) is 6. The first-order valence-electron chi connectivity index (χ1n) is 20.4. The second-order valence-corrected chi connectivity index (χ2v) is 13.7. The van der Waals surface area contributed by atoms with Crippen molar-refractivity contribution in [2.45, 2.75) is 193 Å². The summed E-state index contributed by atoms with van der Waals surface area (Å²) >= 11 is 0. The molecule has 9 nitrogen and oxygen atoms in total. The smallest absolute Gasteiger partial charge is 0.328 e. The van der Waals surface area contributed by atoms with E-state index in [1.807, 2.05) is 0 Å². The Kier molecular flexibility index (Phi) is 34.7. The van der Waals surface area contributed by atoms with E-state index in [1.54, 1.807) is 0 Å². The summed E-state index contributed by atoms with van der Waals surface area (Å²) in [5.41, 5.74) is 0. The molecule has 0 fully saturated rings. The van der Waals surface area contributed by atoms with Crippen LogP contribution in [0.2, 0.25) is 0 Å². The molecular weight excluding hydrogens is 644 g/mol. The van der Waals surface area contributed by atoms with Gasteiger partial charge in [-0.2, -0.15) is 0 Å². The number of hydrogen-bond donors (Lipinski definition) is 4. The predicted octanol–water partition coefficient (Wildman–Crippen LogP) is 9.43. The van der Waals surface area contributed by atoms with E-state index in [0.717, 1.165) is 70.6 Å². The fourth-order valence-electron chi connectivity index (χ4n) is 5.65. The molecule has 294 valence electrons. The van der Waals surface area contributed by atoms with Gasteiger partial charge in [0.05, 0.1) is 13.2 Å². The molecule has 51 heavy (non-hydrogen) atoms. The van der Waals surface area contributed by atoms with E-state index < -0.39 is 24.5 Å². The molecule has 0 heterocycles. The molecule has 0 saturated carbocycles. The van der Waals surface area contributed by atoms with Crippen LogP contribution in [-0.2, 0) is 23.9 Å². The molecule has 0 aromatic heterocycles. The van der Waals surface area contributed by atoms with Crippen molar-refractivity contribution in [1.82, 2.24) is 10.6 Å². The number of rotatable bonds is 36. The summed E-state index contributed by atoms with van der Waals surface area (Å²) in [4.78, 5) is 47.4. The van der Waals surface area contributed by atoms with Crippen LogP contribution in [-0.4, -0.2) is 59.3 Å².